The molecule has 3 heterocycles. The molecule has 6 nitrogen and oxygen atoms in total. The van der Waals surface area contributed by atoms with E-state index in [1.165, 1.54) is 37.3 Å². The molecule has 0 aromatic rings. The van der Waals surface area contributed by atoms with Crippen LogP contribution in [-0.4, -0.2) is 97.9 Å². The number of nitrogens with zero attached hydrogens (tertiary/aromatic N) is 3. The number of guanidine groups is 1. The third-order valence-corrected chi connectivity index (χ3v) is 7.83. The first kappa shape index (κ1) is 18.8. The minimum absolute atomic E-state index is 0.257. The summed E-state index contributed by atoms with van der Waals surface area (Å²) in [5.74, 6) is 4.14. The Kier molecular flexibility index (Phi) is 5.98. The van der Waals surface area contributed by atoms with Crippen molar-refractivity contribution >= 4 is 17.7 Å². The highest BCUT2D eigenvalue weighted by Gasteiger charge is 2.41. The Morgan fingerprint density at radius 1 is 1.27 bits per heavy atom. The highest BCUT2D eigenvalue weighted by atomic mass is 32.2. The number of nitrogens with one attached hydrogen (secondary N) is 2. The van der Waals surface area contributed by atoms with Crippen LogP contribution in [0.25, 0.3) is 0 Å². The molecule has 0 amide bonds. The van der Waals surface area contributed by atoms with Crippen molar-refractivity contribution in [2.75, 3.05) is 64.5 Å². The average molecular weight is 382 g/mol. The van der Waals surface area contributed by atoms with E-state index in [1.54, 1.807) is 0 Å². The van der Waals surface area contributed by atoms with Crippen LogP contribution in [0.4, 0.5) is 0 Å². The molecular formula is C19H35N5OS. The van der Waals surface area contributed by atoms with Gasteiger partial charge in [-0.25, -0.2) is 0 Å². The van der Waals surface area contributed by atoms with Crippen molar-refractivity contribution in [1.82, 2.24) is 20.4 Å². The van der Waals surface area contributed by atoms with E-state index in [9.17, 15) is 0 Å². The lowest BCUT2D eigenvalue weighted by atomic mass is 9.95. The smallest absolute Gasteiger partial charge is 0.191 e. The van der Waals surface area contributed by atoms with Crippen LogP contribution in [0.3, 0.4) is 0 Å². The van der Waals surface area contributed by atoms with Crippen LogP contribution < -0.4 is 10.6 Å². The Morgan fingerprint density at radius 2 is 2.08 bits per heavy atom. The molecule has 1 saturated carbocycles. The summed E-state index contributed by atoms with van der Waals surface area (Å²) < 4.78 is 5.58. The lowest BCUT2D eigenvalue weighted by molar-refractivity contribution is -0.0120. The molecule has 3 aliphatic heterocycles. The summed E-state index contributed by atoms with van der Waals surface area (Å²) >= 11 is 2.09. The van der Waals surface area contributed by atoms with Gasteiger partial charge in [0.05, 0.1) is 13.2 Å². The quantitative estimate of drug-likeness (QED) is 0.544. The summed E-state index contributed by atoms with van der Waals surface area (Å²) in [4.78, 5) is 9.86. The lowest BCUT2D eigenvalue weighted by Crippen LogP contribution is -2.60. The highest BCUT2D eigenvalue weighted by Crippen LogP contribution is 2.34. The largest absolute Gasteiger partial charge is 0.379 e. The van der Waals surface area contributed by atoms with Crippen LogP contribution in [-0.2, 0) is 4.74 Å². The van der Waals surface area contributed by atoms with Crippen LogP contribution in [0.1, 0.15) is 26.2 Å². The van der Waals surface area contributed by atoms with Gasteiger partial charge in [0.25, 0.3) is 0 Å². The van der Waals surface area contributed by atoms with Crippen molar-refractivity contribution in [3.05, 3.63) is 0 Å². The second-order valence-electron chi connectivity index (χ2n) is 8.47. The van der Waals surface area contributed by atoms with E-state index in [0.29, 0.717) is 12.0 Å². The van der Waals surface area contributed by atoms with Crippen molar-refractivity contribution < 1.29 is 4.74 Å². The van der Waals surface area contributed by atoms with Gasteiger partial charge < -0.3 is 15.4 Å². The van der Waals surface area contributed by atoms with Crippen molar-refractivity contribution in [2.24, 2.45) is 10.9 Å². The van der Waals surface area contributed by atoms with Gasteiger partial charge in [0.1, 0.15) is 0 Å². The van der Waals surface area contributed by atoms with Crippen LogP contribution in [0.2, 0.25) is 0 Å². The molecule has 148 valence electrons. The molecular weight excluding hydrogens is 346 g/mol. The van der Waals surface area contributed by atoms with Gasteiger partial charge in [-0.1, -0.05) is 6.92 Å². The maximum absolute atomic E-state index is 5.58. The molecule has 4 fully saturated rings. The first-order valence-corrected chi connectivity index (χ1v) is 11.5. The summed E-state index contributed by atoms with van der Waals surface area (Å²) in [6.45, 7) is 9.61. The molecule has 1 aliphatic carbocycles. The van der Waals surface area contributed by atoms with Crippen molar-refractivity contribution in [1.29, 1.82) is 0 Å². The second kappa shape index (κ2) is 8.25. The predicted molar refractivity (Wildman–Crippen MR) is 109 cm³/mol. The number of aliphatic imine (C=N–C) groups is 1. The number of ether oxygens (including phenoxy) is 1. The highest BCUT2D eigenvalue weighted by molar-refractivity contribution is 7.99. The number of hydrogen-bond donors (Lipinski definition) is 2. The number of thioether (sulfide) groups is 1. The average Bonchev–Trinajstić information content (AvgIpc) is 3.30. The molecule has 0 bridgehead atoms. The molecule has 0 radical (unpaired) electrons. The van der Waals surface area contributed by atoms with E-state index in [2.05, 4.69) is 44.1 Å². The van der Waals surface area contributed by atoms with Gasteiger partial charge in [-0.15, -0.1) is 0 Å². The number of rotatable bonds is 5. The van der Waals surface area contributed by atoms with E-state index in [1.807, 2.05) is 7.05 Å². The second-order valence-corrected chi connectivity index (χ2v) is 9.57. The molecule has 3 saturated heterocycles. The van der Waals surface area contributed by atoms with E-state index < -0.39 is 0 Å². The fourth-order valence-corrected chi connectivity index (χ4v) is 6.16. The maximum atomic E-state index is 5.58. The molecule has 7 heteroatoms. The summed E-state index contributed by atoms with van der Waals surface area (Å²) in [6.07, 6.45) is 4.05. The molecule has 2 N–H and O–H groups in total. The van der Waals surface area contributed by atoms with Crippen molar-refractivity contribution in [3.63, 3.8) is 0 Å². The third kappa shape index (κ3) is 4.16. The van der Waals surface area contributed by atoms with Crippen molar-refractivity contribution in [2.45, 2.75) is 43.8 Å². The molecule has 0 spiro atoms. The van der Waals surface area contributed by atoms with Crippen LogP contribution in [0.15, 0.2) is 4.99 Å². The molecule has 3 atom stereocenters. The normalized spacial score (nSPS) is 37.2. The topological polar surface area (TPSA) is 52.1 Å². The third-order valence-electron chi connectivity index (χ3n) is 6.60. The van der Waals surface area contributed by atoms with Gasteiger partial charge in [-0.05, 0) is 30.9 Å². The van der Waals surface area contributed by atoms with E-state index >= 15 is 0 Å². The SMILES string of the molecule is CN=C(NCC1(N2CCOCC2)CCSC1)NC1CN(C2CC2)CC1C. The zero-order valence-electron chi connectivity index (χ0n) is 16.4. The van der Waals surface area contributed by atoms with Gasteiger partial charge in [0.15, 0.2) is 5.96 Å². The Labute approximate surface area is 162 Å². The van der Waals surface area contributed by atoms with Gasteiger partial charge in [-0.3, -0.25) is 14.8 Å². The number of likely N-dealkylation sites (tertiary alicyclic amines) is 1. The summed E-state index contributed by atoms with van der Waals surface area (Å²) in [5, 5.41) is 7.40. The summed E-state index contributed by atoms with van der Waals surface area (Å²) in [7, 11) is 1.90. The Morgan fingerprint density at radius 3 is 2.73 bits per heavy atom. The van der Waals surface area contributed by atoms with E-state index in [4.69, 9.17) is 4.74 Å². The number of morpholine rings is 1. The first-order valence-electron chi connectivity index (χ1n) is 10.3. The zero-order valence-corrected chi connectivity index (χ0v) is 17.2. The first-order chi connectivity index (χ1) is 12.7. The zero-order chi connectivity index (χ0) is 18.0. The van der Waals surface area contributed by atoms with Crippen LogP contribution in [0.5, 0.6) is 0 Å². The molecule has 4 rings (SSSR count). The monoisotopic (exact) mass is 381 g/mol. The Hall–Kier alpha value is -0.500. The fourth-order valence-electron chi connectivity index (χ4n) is 4.68. The minimum Gasteiger partial charge on any atom is -0.379 e. The maximum Gasteiger partial charge on any atom is 0.191 e. The summed E-state index contributed by atoms with van der Waals surface area (Å²) in [5.41, 5.74) is 0.257. The predicted octanol–water partition coefficient (Wildman–Crippen LogP) is 0.842. The molecule has 3 unspecified atom stereocenters. The van der Waals surface area contributed by atoms with Gasteiger partial charge >= 0.3 is 0 Å². The standard InChI is InChI=1S/C19H35N5OS/c1-15-11-23(16-3-4-16)12-17(15)22-18(20-2)21-13-19(5-10-26-14-19)24-6-8-25-9-7-24/h15-17H,3-14H2,1-2H3,(H2,20,21,22). The van der Waals surface area contributed by atoms with Gasteiger partial charge in [0, 0.05) is 63.1 Å². The number of hydrogen-bond acceptors (Lipinski definition) is 5. The lowest BCUT2D eigenvalue weighted by Gasteiger charge is -2.43. The van der Waals surface area contributed by atoms with Gasteiger partial charge in [-0.2, -0.15) is 11.8 Å². The molecule has 26 heavy (non-hydrogen) atoms. The molecule has 4 aliphatic rings. The molecule has 0 aromatic carbocycles. The van der Waals surface area contributed by atoms with E-state index in [-0.39, 0.29) is 5.54 Å². The van der Waals surface area contributed by atoms with Gasteiger partial charge in [0.2, 0.25) is 0 Å². The van der Waals surface area contributed by atoms with Crippen molar-refractivity contribution in [3.8, 4) is 0 Å². The summed E-state index contributed by atoms with van der Waals surface area (Å²) in [6, 6.07) is 1.37. The Bertz CT molecular complexity index is 500. The Balaban J connectivity index is 1.32. The minimum atomic E-state index is 0.257. The fraction of sp³-hybridized carbons (Fsp3) is 0.947. The molecule has 0 aromatic heterocycles. The van der Waals surface area contributed by atoms with E-state index in [0.717, 1.165) is 51.4 Å². The van der Waals surface area contributed by atoms with Crippen LogP contribution in [0, 0.1) is 5.92 Å². The van der Waals surface area contributed by atoms with Crippen LogP contribution >= 0.6 is 11.8 Å².